The number of ether oxygens (including phenoxy) is 1. The van der Waals surface area contributed by atoms with Crippen LogP contribution in [0, 0.1) is 6.92 Å². The van der Waals surface area contributed by atoms with Crippen LogP contribution in [-0.4, -0.2) is 90.2 Å². The average Bonchev–Trinajstić information content (AvgIpc) is 2.66. The van der Waals surface area contributed by atoms with Crippen molar-refractivity contribution in [2.75, 3.05) is 38.8 Å². The van der Waals surface area contributed by atoms with Crippen LogP contribution in [0.1, 0.15) is 43.9 Å². The Morgan fingerprint density at radius 2 is 1.62 bits per heavy atom. The van der Waals surface area contributed by atoms with Gasteiger partial charge in [-0.25, -0.2) is 0 Å². The molecule has 0 saturated heterocycles. The number of carbonyl (C=O) groups is 1. The van der Waals surface area contributed by atoms with Crippen molar-refractivity contribution >= 4 is 33.3 Å². The Morgan fingerprint density at radius 1 is 1.08 bits per heavy atom. The molecule has 11 nitrogen and oxygen atoms in total. The minimum Gasteiger partial charge on any atom is -0.460 e. The Labute approximate surface area is 222 Å². The summed E-state index contributed by atoms with van der Waals surface area (Å²) in [4.78, 5) is 14.3. The maximum absolute atomic E-state index is 12.4. The second-order valence-corrected chi connectivity index (χ2v) is 13.4. The van der Waals surface area contributed by atoms with Crippen molar-refractivity contribution in [2.45, 2.75) is 65.5 Å². The van der Waals surface area contributed by atoms with E-state index < -0.39 is 32.9 Å². The van der Waals surface area contributed by atoms with Crippen LogP contribution < -0.4 is 5.23 Å². The zero-order valence-corrected chi connectivity index (χ0v) is 24.4. The first kappa shape index (κ1) is 33.5. The number of carbonyl (C=O) groups excluding carboxylic acids is 1. The third-order valence-electron chi connectivity index (χ3n) is 5.01. The van der Waals surface area contributed by atoms with Crippen LogP contribution in [0.3, 0.4) is 0 Å². The summed E-state index contributed by atoms with van der Waals surface area (Å²) in [6.45, 7) is 9.58. The average molecular weight is 565 g/mol. The molecule has 1 rings (SSSR count). The van der Waals surface area contributed by atoms with Crippen LogP contribution in [-0.2, 0) is 51.1 Å². The quantitative estimate of drug-likeness (QED) is 0.169. The van der Waals surface area contributed by atoms with Gasteiger partial charge in [0.15, 0.2) is 0 Å². The second kappa shape index (κ2) is 14.6. The molecular formula is C23H41BN2O9S2. The fraction of sp³-hybridized carbons (Fsp3) is 0.696. The van der Waals surface area contributed by atoms with E-state index in [2.05, 4.69) is 5.23 Å². The van der Waals surface area contributed by atoms with Crippen molar-refractivity contribution in [3.05, 3.63) is 34.9 Å². The Kier molecular flexibility index (Phi) is 13.2. The van der Waals surface area contributed by atoms with Crippen LogP contribution in [0.2, 0.25) is 6.82 Å². The van der Waals surface area contributed by atoms with E-state index in [9.17, 15) is 26.7 Å². The standard InChI is InChI=1S/C23H41BN2O9S2/c1-18-8-9-19(17-26(10-12-33-36(6,29)30)11-13-34-37(7,31)32)14-20(18)15-21(25-24(5)28)16-22(27)35-23(2,3)4/h8-9,14,21,25,28H,10-13,15-17H2,1-7H3/t21-/m0/s1. The fourth-order valence-corrected chi connectivity index (χ4v) is 4.34. The van der Waals surface area contributed by atoms with Crippen LogP contribution in [0.5, 0.6) is 0 Å². The molecule has 0 heterocycles. The monoisotopic (exact) mass is 564 g/mol. The summed E-state index contributed by atoms with van der Waals surface area (Å²) in [7, 11) is -8.05. The summed E-state index contributed by atoms with van der Waals surface area (Å²) in [6, 6.07) is 5.47. The maximum atomic E-state index is 12.4. The molecule has 1 atom stereocenters. The summed E-state index contributed by atoms with van der Waals surface area (Å²) in [6.07, 6.45) is 2.46. The van der Waals surface area contributed by atoms with Gasteiger partial charge in [-0.3, -0.25) is 18.1 Å². The van der Waals surface area contributed by atoms with Crippen LogP contribution in [0.15, 0.2) is 18.2 Å². The number of nitrogens with zero attached hydrogens (tertiary/aromatic N) is 1. The molecule has 2 N–H and O–H groups in total. The fourth-order valence-electron chi connectivity index (χ4n) is 3.59. The topological polar surface area (TPSA) is 149 Å². The molecular weight excluding hydrogens is 523 g/mol. The first-order valence-corrected chi connectivity index (χ1v) is 15.6. The lowest BCUT2D eigenvalue weighted by Gasteiger charge is -2.25. The number of benzene rings is 1. The minimum atomic E-state index is -3.61. The summed E-state index contributed by atoms with van der Waals surface area (Å²) >= 11 is 0. The van der Waals surface area contributed by atoms with Gasteiger partial charge in [0.05, 0.1) is 32.1 Å². The zero-order chi connectivity index (χ0) is 28.4. The smallest absolute Gasteiger partial charge is 0.373 e. The SMILES string of the molecule is CB(O)N[C@H](CC(=O)OC(C)(C)C)Cc1cc(CN(CCOS(C)(=O)=O)CCOS(C)(=O)=O)ccc1C. The minimum absolute atomic E-state index is 0.0730. The summed E-state index contributed by atoms with van der Waals surface area (Å²) in [5, 5.41) is 12.9. The van der Waals surface area contributed by atoms with E-state index in [0.717, 1.165) is 29.2 Å². The van der Waals surface area contributed by atoms with Gasteiger partial charge in [0.25, 0.3) is 20.2 Å². The highest BCUT2D eigenvalue weighted by Crippen LogP contribution is 2.18. The molecule has 0 aliphatic heterocycles. The molecule has 0 aliphatic rings. The third-order valence-corrected chi connectivity index (χ3v) is 6.20. The lowest BCUT2D eigenvalue weighted by Crippen LogP contribution is -2.43. The van der Waals surface area contributed by atoms with E-state index in [1.165, 1.54) is 0 Å². The molecule has 14 heteroatoms. The molecule has 0 unspecified atom stereocenters. The number of esters is 1. The van der Waals surface area contributed by atoms with Crippen molar-refractivity contribution < 1.29 is 39.8 Å². The molecule has 0 saturated carbocycles. The highest BCUT2D eigenvalue weighted by atomic mass is 32.2. The van der Waals surface area contributed by atoms with Crippen molar-refractivity contribution in [2.24, 2.45) is 0 Å². The Hall–Kier alpha value is -1.55. The molecule has 37 heavy (non-hydrogen) atoms. The lowest BCUT2D eigenvalue weighted by atomic mass is 9.85. The molecule has 0 amide bonds. The molecule has 0 fully saturated rings. The molecule has 0 bridgehead atoms. The van der Waals surface area contributed by atoms with E-state index in [1.54, 1.807) is 27.6 Å². The zero-order valence-electron chi connectivity index (χ0n) is 22.8. The predicted molar refractivity (Wildman–Crippen MR) is 143 cm³/mol. The van der Waals surface area contributed by atoms with Gasteiger partial charge in [-0.2, -0.15) is 16.8 Å². The van der Waals surface area contributed by atoms with E-state index in [0.29, 0.717) is 13.0 Å². The number of hydrogen-bond acceptors (Lipinski definition) is 11. The van der Waals surface area contributed by atoms with Gasteiger partial charge in [-0.1, -0.05) is 18.2 Å². The molecule has 0 spiro atoms. The van der Waals surface area contributed by atoms with Crippen molar-refractivity contribution in [1.82, 2.24) is 10.1 Å². The van der Waals surface area contributed by atoms with Gasteiger partial charge < -0.3 is 15.0 Å². The second-order valence-electron chi connectivity index (χ2n) is 10.1. The van der Waals surface area contributed by atoms with Crippen molar-refractivity contribution in [3.8, 4) is 0 Å². The Balaban J connectivity index is 3.02. The Morgan fingerprint density at radius 3 is 2.08 bits per heavy atom. The van der Waals surface area contributed by atoms with Gasteiger partial charge >= 0.3 is 13.0 Å². The number of hydrogen-bond donors (Lipinski definition) is 2. The van der Waals surface area contributed by atoms with Gasteiger partial charge in [0, 0.05) is 25.7 Å². The first-order chi connectivity index (χ1) is 16.8. The van der Waals surface area contributed by atoms with Gasteiger partial charge in [0.2, 0.25) is 0 Å². The van der Waals surface area contributed by atoms with Crippen molar-refractivity contribution in [3.63, 3.8) is 0 Å². The van der Waals surface area contributed by atoms with E-state index in [4.69, 9.17) is 13.1 Å². The van der Waals surface area contributed by atoms with E-state index in [-0.39, 0.29) is 44.7 Å². The third kappa shape index (κ3) is 16.8. The summed E-state index contributed by atoms with van der Waals surface area (Å²) in [5.41, 5.74) is 2.23. The van der Waals surface area contributed by atoms with E-state index in [1.807, 2.05) is 30.0 Å². The van der Waals surface area contributed by atoms with Gasteiger partial charge in [-0.05, 0) is 57.6 Å². The number of nitrogens with one attached hydrogen (secondary N) is 1. The van der Waals surface area contributed by atoms with Crippen molar-refractivity contribution in [1.29, 1.82) is 0 Å². The van der Waals surface area contributed by atoms with Crippen LogP contribution in [0.25, 0.3) is 0 Å². The number of rotatable bonds is 16. The van der Waals surface area contributed by atoms with E-state index >= 15 is 0 Å². The predicted octanol–water partition coefficient (Wildman–Crippen LogP) is 1.09. The largest absolute Gasteiger partial charge is 0.460 e. The molecule has 0 aliphatic carbocycles. The summed E-state index contributed by atoms with van der Waals surface area (Å²) < 4.78 is 60.4. The van der Waals surface area contributed by atoms with Crippen LogP contribution in [0.4, 0.5) is 0 Å². The van der Waals surface area contributed by atoms with Gasteiger partial charge in [0.1, 0.15) is 5.60 Å². The highest BCUT2D eigenvalue weighted by molar-refractivity contribution is 7.86. The normalized spacial score (nSPS) is 13.5. The molecule has 1 aromatic carbocycles. The molecule has 0 aromatic heterocycles. The molecule has 212 valence electrons. The van der Waals surface area contributed by atoms with Crippen LogP contribution >= 0.6 is 0 Å². The Bertz CT molecular complexity index is 1050. The maximum Gasteiger partial charge on any atom is 0.373 e. The number of aryl methyl sites for hydroxylation is 1. The molecule has 0 radical (unpaired) electrons. The first-order valence-electron chi connectivity index (χ1n) is 12.0. The summed E-state index contributed by atoms with van der Waals surface area (Å²) in [5.74, 6) is -0.373. The van der Waals surface area contributed by atoms with Gasteiger partial charge in [-0.15, -0.1) is 0 Å². The lowest BCUT2D eigenvalue weighted by molar-refractivity contribution is -0.155. The highest BCUT2D eigenvalue weighted by Gasteiger charge is 2.23. The molecule has 1 aromatic rings.